The van der Waals surface area contributed by atoms with Crippen molar-refractivity contribution in [3.63, 3.8) is 0 Å². The van der Waals surface area contributed by atoms with Crippen LogP contribution in [0.2, 0.25) is 0 Å². The van der Waals surface area contributed by atoms with Crippen LogP contribution in [0.4, 0.5) is 0 Å². The first-order valence-corrected chi connectivity index (χ1v) is 11.4. The molecule has 0 spiro atoms. The highest BCUT2D eigenvalue weighted by Gasteiger charge is 2.32. The number of phenols is 1. The maximum absolute atomic E-state index is 13.2. The van der Waals surface area contributed by atoms with Gasteiger partial charge in [-0.25, -0.2) is 4.79 Å². The standard InChI is InChI=1S/C23H33N5O9/c1-11(2)19(22(35)26-15(23(36)37)7-8-17(25)30)28-21(34)16(9-12-3-5-13(29)6-4-12)27-20(33)14(24)10-18(31)32/h3-6,11,14-16,19,29H,7-10,24H2,1-2H3,(H2,25,30)(H,26,35)(H,27,33)(H,28,34)(H,31,32)(H,36,37). The Bertz CT molecular complexity index is 997. The molecule has 0 aliphatic carbocycles. The third kappa shape index (κ3) is 10.9. The molecule has 0 fully saturated rings. The number of carboxylic acid groups (broad SMARTS) is 2. The van der Waals surface area contributed by atoms with E-state index in [1.165, 1.54) is 24.3 Å². The summed E-state index contributed by atoms with van der Waals surface area (Å²) in [4.78, 5) is 71.8. The number of nitrogens with two attached hydrogens (primary N) is 2. The molecule has 14 nitrogen and oxygen atoms in total. The van der Waals surface area contributed by atoms with E-state index in [0.717, 1.165) is 0 Å². The molecular weight excluding hydrogens is 490 g/mol. The van der Waals surface area contributed by atoms with Gasteiger partial charge >= 0.3 is 11.9 Å². The minimum absolute atomic E-state index is 0.0295. The van der Waals surface area contributed by atoms with E-state index in [1.807, 2.05) is 0 Å². The van der Waals surface area contributed by atoms with Gasteiger partial charge in [-0.1, -0.05) is 26.0 Å². The van der Waals surface area contributed by atoms with Gasteiger partial charge in [0.15, 0.2) is 0 Å². The number of phenolic OH excluding ortho intramolecular Hbond substituents is 1. The Morgan fingerprint density at radius 3 is 1.92 bits per heavy atom. The first kappa shape index (κ1) is 30.8. The molecule has 37 heavy (non-hydrogen) atoms. The molecule has 204 valence electrons. The Morgan fingerprint density at radius 1 is 0.865 bits per heavy atom. The van der Waals surface area contributed by atoms with E-state index in [4.69, 9.17) is 16.6 Å². The second kappa shape index (κ2) is 14.4. The van der Waals surface area contributed by atoms with Crippen LogP contribution in [0.5, 0.6) is 5.75 Å². The minimum Gasteiger partial charge on any atom is -0.508 e. The van der Waals surface area contributed by atoms with Crippen molar-refractivity contribution in [1.29, 1.82) is 0 Å². The third-order valence-corrected chi connectivity index (χ3v) is 5.28. The molecule has 1 aromatic rings. The SMILES string of the molecule is CC(C)C(NC(=O)C(Cc1ccc(O)cc1)NC(=O)C(N)CC(=O)O)C(=O)NC(CCC(N)=O)C(=O)O. The Morgan fingerprint density at radius 2 is 1.43 bits per heavy atom. The maximum atomic E-state index is 13.2. The van der Waals surface area contributed by atoms with Crippen molar-refractivity contribution in [2.24, 2.45) is 17.4 Å². The van der Waals surface area contributed by atoms with Crippen molar-refractivity contribution in [1.82, 2.24) is 16.0 Å². The van der Waals surface area contributed by atoms with E-state index < -0.39 is 72.1 Å². The van der Waals surface area contributed by atoms with Crippen LogP contribution in [0.1, 0.15) is 38.7 Å². The van der Waals surface area contributed by atoms with Gasteiger partial charge in [-0.15, -0.1) is 0 Å². The van der Waals surface area contributed by atoms with Gasteiger partial charge in [-0.05, 0) is 30.0 Å². The first-order valence-electron chi connectivity index (χ1n) is 11.4. The third-order valence-electron chi connectivity index (χ3n) is 5.28. The molecule has 4 atom stereocenters. The summed E-state index contributed by atoms with van der Waals surface area (Å²) in [6, 6.07) is 0.336. The van der Waals surface area contributed by atoms with Crippen LogP contribution in [0.3, 0.4) is 0 Å². The maximum Gasteiger partial charge on any atom is 0.326 e. The predicted molar refractivity (Wildman–Crippen MR) is 129 cm³/mol. The van der Waals surface area contributed by atoms with Crippen molar-refractivity contribution in [2.45, 2.75) is 63.7 Å². The molecule has 0 radical (unpaired) electrons. The van der Waals surface area contributed by atoms with Gasteiger partial charge < -0.3 is 42.7 Å². The zero-order valence-electron chi connectivity index (χ0n) is 20.5. The summed E-state index contributed by atoms with van der Waals surface area (Å²) in [5.41, 5.74) is 11.2. The van der Waals surface area contributed by atoms with Crippen LogP contribution in [0, 0.1) is 5.92 Å². The van der Waals surface area contributed by atoms with Crippen molar-refractivity contribution in [2.75, 3.05) is 0 Å². The summed E-state index contributed by atoms with van der Waals surface area (Å²) >= 11 is 0. The van der Waals surface area contributed by atoms with Crippen molar-refractivity contribution >= 4 is 35.6 Å². The van der Waals surface area contributed by atoms with E-state index in [9.17, 15) is 39.0 Å². The molecule has 0 bridgehead atoms. The number of aromatic hydroxyl groups is 1. The fourth-order valence-corrected chi connectivity index (χ4v) is 3.23. The Hall–Kier alpha value is -4.20. The smallest absolute Gasteiger partial charge is 0.326 e. The van der Waals surface area contributed by atoms with Gasteiger partial charge in [0.2, 0.25) is 23.6 Å². The summed E-state index contributed by atoms with van der Waals surface area (Å²) in [7, 11) is 0. The fourth-order valence-electron chi connectivity index (χ4n) is 3.23. The van der Waals surface area contributed by atoms with Crippen LogP contribution in [-0.4, -0.2) is 75.1 Å². The van der Waals surface area contributed by atoms with Crippen molar-refractivity contribution < 1.29 is 44.1 Å². The average molecular weight is 524 g/mol. The molecular formula is C23H33N5O9. The lowest BCUT2D eigenvalue weighted by atomic mass is 10.00. The zero-order valence-corrected chi connectivity index (χ0v) is 20.5. The number of carbonyl (C=O) groups is 6. The Kier molecular flexibility index (Phi) is 12.0. The molecule has 10 N–H and O–H groups in total. The quantitative estimate of drug-likeness (QED) is 0.128. The molecule has 0 aromatic heterocycles. The highest BCUT2D eigenvalue weighted by Crippen LogP contribution is 2.13. The van der Waals surface area contributed by atoms with E-state index in [1.54, 1.807) is 13.8 Å². The number of hydrogen-bond donors (Lipinski definition) is 8. The summed E-state index contributed by atoms with van der Waals surface area (Å²) in [6.07, 6.45) is -1.32. The largest absolute Gasteiger partial charge is 0.508 e. The van der Waals surface area contributed by atoms with E-state index in [0.29, 0.717) is 5.56 Å². The molecule has 4 amide bonds. The van der Waals surface area contributed by atoms with Crippen molar-refractivity contribution in [3.05, 3.63) is 29.8 Å². The molecule has 4 unspecified atom stereocenters. The number of amides is 4. The normalized spacial score (nSPS) is 14.1. The second-order valence-electron chi connectivity index (χ2n) is 8.77. The lowest BCUT2D eigenvalue weighted by Crippen LogP contribution is -2.59. The van der Waals surface area contributed by atoms with Gasteiger partial charge in [0, 0.05) is 12.8 Å². The van der Waals surface area contributed by atoms with E-state index in [2.05, 4.69) is 16.0 Å². The van der Waals surface area contributed by atoms with Gasteiger partial charge in [-0.3, -0.25) is 24.0 Å². The highest BCUT2D eigenvalue weighted by molar-refractivity contribution is 5.95. The lowest BCUT2D eigenvalue weighted by Gasteiger charge is -2.27. The predicted octanol–water partition coefficient (Wildman–Crippen LogP) is -1.80. The first-order chi connectivity index (χ1) is 17.2. The topological polar surface area (TPSA) is 251 Å². The van der Waals surface area contributed by atoms with Gasteiger partial charge in [0.05, 0.1) is 12.5 Å². The van der Waals surface area contributed by atoms with Crippen LogP contribution in [0.25, 0.3) is 0 Å². The van der Waals surface area contributed by atoms with Gasteiger partial charge in [0.25, 0.3) is 0 Å². The van der Waals surface area contributed by atoms with Gasteiger partial charge in [0.1, 0.15) is 23.9 Å². The summed E-state index contributed by atoms with van der Waals surface area (Å²) in [5.74, 6) is -6.57. The number of hydrogen-bond acceptors (Lipinski definition) is 8. The molecule has 0 heterocycles. The summed E-state index contributed by atoms with van der Waals surface area (Å²) in [5, 5.41) is 34.9. The lowest BCUT2D eigenvalue weighted by molar-refractivity contribution is -0.143. The van der Waals surface area contributed by atoms with Gasteiger partial charge in [-0.2, -0.15) is 0 Å². The molecule has 0 aliphatic heterocycles. The van der Waals surface area contributed by atoms with Crippen LogP contribution < -0.4 is 27.4 Å². The molecule has 14 heteroatoms. The van der Waals surface area contributed by atoms with Crippen LogP contribution in [-0.2, 0) is 35.2 Å². The fraction of sp³-hybridized carbons (Fsp3) is 0.478. The van der Waals surface area contributed by atoms with Crippen LogP contribution >= 0.6 is 0 Å². The van der Waals surface area contributed by atoms with E-state index in [-0.39, 0.29) is 25.0 Å². The average Bonchev–Trinajstić information content (AvgIpc) is 2.79. The number of carboxylic acids is 2. The second-order valence-corrected chi connectivity index (χ2v) is 8.77. The van der Waals surface area contributed by atoms with Crippen molar-refractivity contribution in [3.8, 4) is 5.75 Å². The monoisotopic (exact) mass is 523 g/mol. The molecule has 0 saturated carbocycles. The molecule has 0 aliphatic rings. The summed E-state index contributed by atoms with van der Waals surface area (Å²) in [6.45, 7) is 3.19. The molecule has 0 saturated heterocycles. The Labute approximate surface area is 212 Å². The number of rotatable bonds is 15. The Balaban J connectivity index is 3.10. The zero-order chi connectivity index (χ0) is 28.3. The molecule has 1 aromatic carbocycles. The number of carbonyl (C=O) groups excluding carboxylic acids is 4. The number of benzene rings is 1. The number of primary amides is 1. The molecule has 1 rings (SSSR count). The minimum atomic E-state index is -1.45. The van der Waals surface area contributed by atoms with Crippen LogP contribution in [0.15, 0.2) is 24.3 Å². The number of aliphatic carboxylic acids is 2. The summed E-state index contributed by atoms with van der Waals surface area (Å²) < 4.78 is 0. The highest BCUT2D eigenvalue weighted by atomic mass is 16.4. The number of nitrogens with one attached hydrogen (secondary N) is 3. The van der Waals surface area contributed by atoms with E-state index >= 15 is 0 Å².